The van der Waals surface area contributed by atoms with Crippen LogP contribution in [0.15, 0.2) is 70.5 Å². The van der Waals surface area contributed by atoms with Crippen molar-refractivity contribution in [1.82, 2.24) is 13.5 Å². The number of aryl methyl sites for hydroxylation is 2. The molecule has 4 rings (SSSR count). The van der Waals surface area contributed by atoms with Crippen LogP contribution in [0.5, 0.6) is 0 Å². The lowest BCUT2D eigenvalue weighted by Gasteiger charge is -2.30. The molecule has 0 radical (unpaired) electrons. The molecule has 2 aliphatic rings. The zero-order valence-corrected chi connectivity index (χ0v) is 24.8. The van der Waals surface area contributed by atoms with Crippen molar-refractivity contribution in [3.8, 4) is 0 Å². The molecule has 0 spiro atoms. The van der Waals surface area contributed by atoms with E-state index in [0.717, 1.165) is 43.6 Å². The molecule has 0 bridgehead atoms. The molecule has 1 aliphatic heterocycles. The summed E-state index contributed by atoms with van der Waals surface area (Å²) in [5, 5.41) is 0. The quantitative estimate of drug-likeness (QED) is 0.470. The van der Waals surface area contributed by atoms with E-state index in [4.69, 9.17) is 0 Å². The number of halogens is 1. The van der Waals surface area contributed by atoms with Gasteiger partial charge >= 0.3 is 0 Å². The molecular weight excluding hydrogens is 542 g/mol. The van der Waals surface area contributed by atoms with E-state index >= 15 is 0 Å². The lowest BCUT2D eigenvalue weighted by molar-refractivity contribution is 0.237. The second-order valence-corrected chi connectivity index (χ2v) is 14.4. The smallest absolute Gasteiger partial charge is 0.243 e. The van der Waals surface area contributed by atoms with Gasteiger partial charge < -0.3 is 4.90 Å². The fourth-order valence-electron chi connectivity index (χ4n) is 4.74. The first-order chi connectivity index (χ1) is 17.6. The first kappa shape index (κ1) is 30.8. The summed E-state index contributed by atoms with van der Waals surface area (Å²) < 4.78 is 57.3. The zero-order valence-electron chi connectivity index (χ0n) is 22.4. The third-order valence-electron chi connectivity index (χ3n) is 7.09. The highest BCUT2D eigenvalue weighted by molar-refractivity contribution is 7.89. The minimum atomic E-state index is -3.75. The Morgan fingerprint density at radius 1 is 0.711 bits per heavy atom. The Kier molecular flexibility index (Phi) is 10.6. The molecule has 10 heteroatoms. The molecule has 0 atom stereocenters. The van der Waals surface area contributed by atoms with Crippen LogP contribution in [0.25, 0.3) is 0 Å². The molecular formula is C28H40ClN3O4S2. The van der Waals surface area contributed by atoms with E-state index < -0.39 is 20.0 Å². The Morgan fingerprint density at radius 3 is 1.47 bits per heavy atom. The van der Waals surface area contributed by atoms with Gasteiger partial charge in [-0.25, -0.2) is 16.8 Å². The van der Waals surface area contributed by atoms with Gasteiger partial charge in [0.15, 0.2) is 0 Å². The lowest BCUT2D eigenvalue weighted by Crippen LogP contribution is -2.41. The molecule has 2 fully saturated rings. The van der Waals surface area contributed by atoms with Gasteiger partial charge in [0.05, 0.1) is 9.79 Å². The topological polar surface area (TPSA) is 78.0 Å². The largest absolute Gasteiger partial charge is 0.303 e. The fraction of sp³-hybridized carbons (Fsp3) is 0.500. The zero-order chi connectivity index (χ0) is 26.6. The van der Waals surface area contributed by atoms with Crippen molar-refractivity contribution < 1.29 is 16.8 Å². The summed E-state index contributed by atoms with van der Waals surface area (Å²) in [4.78, 5) is 2.87. The highest BCUT2D eigenvalue weighted by Crippen LogP contribution is 2.30. The number of hydrogen-bond acceptors (Lipinski definition) is 5. The second kappa shape index (κ2) is 13.1. The molecule has 1 saturated heterocycles. The average Bonchev–Trinajstić information content (AvgIpc) is 3.66. The molecule has 1 aliphatic carbocycles. The van der Waals surface area contributed by atoms with Crippen LogP contribution in [0.1, 0.15) is 36.8 Å². The van der Waals surface area contributed by atoms with E-state index in [1.165, 1.54) is 21.5 Å². The summed E-state index contributed by atoms with van der Waals surface area (Å²) in [6, 6.07) is 13.7. The maximum Gasteiger partial charge on any atom is 0.243 e. The van der Waals surface area contributed by atoms with E-state index in [2.05, 4.69) is 11.5 Å². The fourth-order valence-corrected chi connectivity index (χ4v) is 7.74. The van der Waals surface area contributed by atoms with Crippen molar-refractivity contribution >= 4 is 32.5 Å². The van der Waals surface area contributed by atoms with Gasteiger partial charge in [-0.05, 0) is 88.4 Å². The Hall–Kier alpha value is -1.75. The van der Waals surface area contributed by atoms with Crippen LogP contribution < -0.4 is 0 Å². The summed E-state index contributed by atoms with van der Waals surface area (Å²) in [5.41, 5.74) is 2.54. The molecule has 7 nitrogen and oxygen atoms in total. The van der Waals surface area contributed by atoms with Crippen LogP contribution in [-0.4, -0.2) is 76.2 Å². The second-order valence-electron chi connectivity index (χ2n) is 10.5. The highest BCUT2D eigenvalue weighted by atomic mass is 35.5. The molecule has 0 aromatic heterocycles. The summed E-state index contributed by atoms with van der Waals surface area (Å²) in [6.07, 6.45) is 3.91. The van der Waals surface area contributed by atoms with Crippen LogP contribution in [0.4, 0.5) is 0 Å². The summed E-state index contributed by atoms with van der Waals surface area (Å²) in [7, 11) is -7.50. The molecule has 210 valence electrons. The van der Waals surface area contributed by atoms with Crippen LogP contribution in [-0.2, 0) is 20.0 Å². The van der Waals surface area contributed by atoms with E-state index in [1.54, 1.807) is 48.5 Å². The maximum absolute atomic E-state index is 13.6. The molecule has 1 saturated carbocycles. The van der Waals surface area contributed by atoms with Crippen molar-refractivity contribution in [3.63, 3.8) is 0 Å². The minimum absolute atomic E-state index is 0. The summed E-state index contributed by atoms with van der Waals surface area (Å²) in [5.74, 6) is 0.701. The van der Waals surface area contributed by atoms with Gasteiger partial charge in [0, 0.05) is 32.7 Å². The third-order valence-corrected chi connectivity index (χ3v) is 10.8. The van der Waals surface area contributed by atoms with Crippen molar-refractivity contribution in [2.45, 2.75) is 49.3 Å². The van der Waals surface area contributed by atoms with Crippen LogP contribution in [0, 0.1) is 19.8 Å². The van der Waals surface area contributed by atoms with Crippen molar-refractivity contribution in [2.75, 3.05) is 45.8 Å². The monoisotopic (exact) mass is 581 g/mol. The molecule has 0 amide bonds. The Balaban J connectivity index is 0.00000400. The predicted octanol–water partition coefficient (Wildman–Crippen LogP) is 4.47. The predicted molar refractivity (Wildman–Crippen MR) is 155 cm³/mol. The number of rotatable bonds is 6. The Morgan fingerprint density at radius 2 is 1.11 bits per heavy atom. The lowest BCUT2D eigenvalue weighted by atomic mass is 10.2. The number of benzene rings is 2. The van der Waals surface area contributed by atoms with Gasteiger partial charge in [0.1, 0.15) is 0 Å². The minimum Gasteiger partial charge on any atom is -0.303 e. The Labute approximate surface area is 235 Å². The van der Waals surface area contributed by atoms with Crippen molar-refractivity contribution in [1.29, 1.82) is 0 Å². The first-order valence-corrected chi connectivity index (χ1v) is 16.0. The van der Waals surface area contributed by atoms with Crippen molar-refractivity contribution in [2.24, 2.45) is 5.92 Å². The molecule has 2 aromatic carbocycles. The molecule has 0 N–H and O–H groups in total. The van der Waals surface area contributed by atoms with Gasteiger partial charge in [-0.1, -0.05) is 42.0 Å². The van der Waals surface area contributed by atoms with Crippen molar-refractivity contribution in [3.05, 3.63) is 71.8 Å². The number of sulfonamides is 2. The van der Waals surface area contributed by atoms with Crippen LogP contribution >= 0.6 is 12.4 Å². The standard InChI is InChI=1S/C28H39N3O4S2.ClH/c1-23-6-12-27(13-7-23)36(32,33)30-18-4-16-29(22-26-10-11-26)17-5-19-31(21-25(3)20-30)37(34,35)28-14-8-24(2)9-15-28;/h6-9,12-15,26H,3-5,10-11,16-22H2,1-2H3;1H. The molecule has 1 heterocycles. The highest BCUT2D eigenvalue weighted by Gasteiger charge is 2.30. The third kappa shape index (κ3) is 7.90. The first-order valence-electron chi connectivity index (χ1n) is 13.1. The molecule has 2 aromatic rings. The normalized spacial score (nSPS) is 19.8. The maximum atomic E-state index is 13.6. The van der Waals surface area contributed by atoms with Gasteiger partial charge in [0.25, 0.3) is 0 Å². The van der Waals surface area contributed by atoms with E-state index in [1.807, 2.05) is 13.8 Å². The van der Waals surface area contributed by atoms with E-state index in [0.29, 0.717) is 24.6 Å². The van der Waals surface area contributed by atoms with E-state index in [9.17, 15) is 16.8 Å². The van der Waals surface area contributed by atoms with Gasteiger partial charge in [-0.2, -0.15) is 8.61 Å². The van der Waals surface area contributed by atoms with E-state index in [-0.39, 0.29) is 35.3 Å². The van der Waals surface area contributed by atoms with Gasteiger partial charge in [-0.15, -0.1) is 12.4 Å². The SMILES string of the molecule is C=C1CN(S(=O)(=O)c2ccc(C)cc2)CCCN(CC2CC2)CCCN(S(=O)(=O)c2ccc(C)cc2)C1.Cl. The average molecular weight is 582 g/mol. The summed E-state index contributed by atoms with van der Waals surface area (Å²) in [6.45, 7) is 11.4. The van der Waals surface area contributed by atoms with Gasteiger partial charge in [0.2, 0.25) is 20.0 Å². The van der Waals surface area contributed by atoms with Gasteiger partial charge in [-0.3, -0.25) is 0 Å². The molecule has 0 unspecified atom stereocenters. The molecule has 38 heavy (non-hydrogen) atoms. The van der Waals surface area contributed by atoms with Crippen LogP contribution in [0.3, 0.4) is 0 Å². The van der Waals surface area contributed by atoms with Crippen LogP contribution in [0.2, 0.25) is 0 Å². The number of nitrogens with zero attached hydrogens (tertiary/aromatic N) is 3. The summed E-state index contributed by atoms with van der Waals surface area (Å²) >= 11 is 0. The number of hydrogen-bond donors (Lipinski definition) is 0. The Bertz CT molecular complexity index is 1200.